The van der Waals surface area contributed by atoms with E-state index in [4.69, 9.17) is 0 Å². The first-order valence-electron chi connectivity index (χ1n) is 12.2. The van der Waals surface area contributed by atoms with Crippen molar-refractivity contribution in [3.8, 4) is 11.8 Å². The number of anilines is 1. The molecule has 1 aromatic carbocycles. The van der Waals surface area contributed by atoms with Crippen LogP contribution in [0.3, 0.4) is 0 Å². The van der Waals surface area contributed by atoms with Gasteiger partial charge in [0.2, 0.25) is 0 Å². The quantitative estimate of drug-likeness (QED) is 0.640. The number of allylic oxidation sites excluding steroid dienone is 4. The Labute approximate surface area is 192 Å². The number of benzene rings is 1. The minimum Gasteiger partial charge on any atom is -0.378 e. The Hall–Kier alpha value is -2.31. The van der Waals surface area contributed by atoms with Crippen LogP contribution in [-0.2, 0) is 4.79 Å². The highest BCUT2D eigenvalue weighted by molar-refractivity contribution is 5.93. The Balaban J connectivity index is 1.67. The van der Waals surface area contributed by atoms with Crippen LogP contribution in [-0.4, -0.2) is 30.6 Å². The monoisotopic (exact) mass is 429 g/mol. The number of fused-ring (bicyclic) bond motifs is 4. The highest BCUT2D eigenvalue weighted by Crippen LogP contribution is 2.66. The van der Waals surface area contributed by atoms with Crippen LogP contribution in [0.2, 0.25) is 0 Å². The lowest BCUT2D eigenvalue weighted by Gasteiger charge is -2.53. The number of hydrogen-bond acceptors (Lipinski definition) is 3. The molecule has 0 radical (unpaired) electrons. The van der Waals surface area contributed by atoms with Crippen LogP contribution >= 0.6 is 0 Å². The van der Waals surface area contributed by atoms with Gasteiger partial charge in [-0.25, -0.2) is 0 Å². The first kappa shape index (κ1) is 21.5. The largest absolute Gasteiger partial charge is 0.378 e. The summed E-state index contributed by atoms with van der Waals surface area (Å²) in [7, 11) is 4.14. The molecule has 168 valence electrons. The fourth-order valence-electron chi connectivity index (χ4n) is 7.38. The van der Waals surface area contributed by atoms with Gasteiger partial charge in [0.1, 0.15) is 5.60 Å². The highest BCUT2D eigenvalue weighted by atomic mass is 16.3. The van der Waals surface area contributed by atoms with E-state index in [1.165, 1.54) is 22.4 Å². The SMILES string of the molecule is CC#C[C@@]1(O)CC[C@H]2[C@@H]3CCC4=CC(=O)CCC4=C3[C@H](c3ccc(N(C)C)cc3)C[C@]21C. The number of carbonyl (C=O) groups excluding carboxylic acids is 1. The molecule has 32 heavy (non-hydrogen) atoms. The van der Waals surface area contributed by atoms with Crippen LogP contribution in [0.1, 0.15) is 70.3 Å². The van der Waals surface area contributed by atoms with Crippen LogP contribution in [0.4, 0.5) is 5.69 Å². The van der Waals surface area contributed by atoms with Crippen LogP contribution in [0.15, 0.2) is 47.1 Å². The predicted octanol–water partition coefficient (Wildman–Crippen LogP) is 5.41. The maximum absolute atomic E-state index is 12.2. The lowest BCUT2D eigenvalue weighted by Crippen LogP contribution is -2.51. The number of hydrogen-bond donors (Lipinski definition) is 1. The average Bonchev–Trinajstić information content (AvgIpc) is 3.03. The maximum Gasteiger partial charge on any atom is 0.156 e. The van der Waals surface area contributed by atoms with Crippen molar-refractivity contribution < 1.29 is 9.90 Å². The molecule has 0 bridgehead atoms. The molecule has 1 aromatic rings. The van der Waals surface area contributed by atoms with Crippen molar-refractivity contribution >= 4 is 11.5 Å². The molecule has 2 saturated carbocycles. The van der Waals surface area contributed by atoms with Gasteiger partial charge in [0.25, 0.3) is 0 Å². The van der Waals surface area contributed by atoms with E-state index in [1.54, 1.807) is 5.57 Å². The number of ketones is 1. The fourth-order valence-corrected chi connectivity index (χ4v) is 7.38. The average molecular weight is 430 g/mol. The summed E-state index contributed by atoms with van der Waals surface area (Å²) >= 11 is 0. The molecule has 0 spiro atoms. The third-order valence-corrected chi connectivity index (χ3v) is 9.03. The Morgan fingerprint density at radius 1 is 1.09 bits per heavy atom. The topological polar surface area (TPSA) is 40.5 Å². The highest BCUT2D eigenvalue weighted by Gasteiger charge is 2.62. The maximum atomic E-state index is 12.2. The van der Waals surface area contributed by atoms with Gasteiger partial charge in [0, 0.05) is 37.5 Å². The van der Waals surface area contributed by atoms with Crippen LogP contribution < -0.4 is 4.90 Å². The molecule has 5 rings (SSSR count). The van der Waals surface area contributed by atoms with Crippen molar-refractivity contribution in [1.29, 1.82) is 0 Å². The Morgan fingerprint density at radius 3 is 2.53 bits per heavy atom. The fraction of sp³-hybridized carbons (Fsp3) is 0.552. The Bertz CT molecular complexity index is 1070. The Morgan fingerprint density at radius 2 is 1.84 bits per heavy atom. The smallest absolute Gasteiger partial charge is 0.156 e. The summed E-state index contributed by atoms with van der Waals surface area (Å²) < 4.78 is 0. The van der Waals surface area contributed by atoms with E-state index in [1.807, 2.05) is 13.0 Å². The summed E-state index contributed by atoms with van der Waals surface area (Å²) in [5.74, 6) is 7.76. The van der Waals surface area contributed by atoms with Gasteiger partial charge in [0.05, 0.1) is 0 Å². The van der Waals surface area contributed by atoms with E-state index in [0.717, 1.165) is 38.5 Å². The van der Waals surface area contributed by atoms with E-state index in [2.05, 4.69) is 62.0 Å². The summed E-state index contributed by atoms with van der Waals surface area (Å²) in [6.07, 6.45) is 8.23. The molecule has 0 aromatic heterocycles. The molecule has 3 heteroatoms. The van der Waals surface area contributed by atoms with Gasteiger partial charge in [-0.05, 0) is 92.2 Å². The van der Waals surface area contributed by atoms with Gasteiger partial charge in [-0.15, -0.1) is 5.92 Å². The van der Waals surface area contributed by atoms with Crippen molar-refractivity contribution in [2.75, 3.05) is 19.0 Å². The van der Waals surface area contributed by atoms with Crippen LogP contribution in [0, 0.1) is 29.1 Å². The van der Waals surface area contributed by atoms with Crippen LogP contribution in [0.25, 0.3) is 0 Å². The van der Waals surface area contributed by atoms with E-state index in [0.29, 0.717) is 18.3 Å². The van der Waals surface area contributed by atoms with Crippen molar-refractivity contribution in [1.82, 2.24) is 0 Å². The lowest BCUT2D eigenvalue weighted by atomic mass is 9.51. The molecule has 3 nitrogen and oxygen atoms in total. The lowest BCUT2D eigenvalue weighted by molar-refractivity contribution is -0.114. The molecule has 0 amide bonds. The van der Waals surface area contributed by atoms with Gasteiger partial charge in [-0.2, -0.15) is 0 Å². The normalized spacial score (nSPS) is 35.8. The van der Waals surface area contributed by atoms with E-state index < -0.39 is 5.60 Å². The Kier molecular flexibility index (Phi) is 5.13. The van der Waals surface area contributed by atoms with Crippen molar-refractivity contribution in [2.24, 2.45) is 17.3 Å². The first-order valence-corrected chi connectivity index (χ1v) is 12.2. The molecule has 0 saturated heterocycles. The second kappa shape index (κ2) is 7.63. The molecule has 0 aliphatic heterocycles. The number of carbonyl (C=O) groups is 1. The molecule has 1 N–H and O–H groups in total. The van der Waals surface area contributed by atoms with Gasteiger partial charge in [0.15, 0.2) is 5.78 Å². The summed E-state index contributed by atoms with van der Waals surface area (Å²) in [4.78, 5) is 14.3. The zero-order chi connectivity index (χ0) is 22.7. The zero-order valence-corrected chi connectivity index (χ0v) is 19.9. The standard InChI is InChI=1S/C29H35NO2/c1-5-15-29(32)16-14-26-24-12-8-20-17-22(31)11-13-23(20)27(24)25(18-28(26,29)2)19-6-9-21(10-7-19)30(3)4/h6-7,9-10,17,24-26,32H,8,11-14,16,18H2,1-4H3/t24-,25-,26-,28+,29+/m0/s1. The predicted molar refractivity (Wildman–Crippen MR) is 129 cm³/mol. The summed E-state index contributed by atoms with van der Waals surface area (Å²) in [6.45, 7) is 4.15. The number of rotatable bonds is 2. The van der Waals surface area contributed by atoms with Gasteiger partial charge < -0.3 is 10.0 Å². The minimum absolute atomic E-state index is 0.221. The second-order valence-electron chi connectivity index (χ2n) is 10.8. The first-order chi connectivity index (χ1) is 15.3. The third kappa shape index (κ3) is 3.11. The molecule has 0 heterocycles. The van der Waals surface area contributed by atoms with E-state index in [9.17, 15) is 9.90 Å². The summed E-state index contributed by atoms with van der Waals surface area (Å²) in [5, 5.41) is 11.7. The van der Waals surface area contributed by atoms with E-state index in [-0.39, 0.29) is 17.1 Å². The van der Waals surface area contributed by atoms with Crippen LogP contribution in [0.5, 0.6) is 0 Å². The van der Waals surface area contributed by atoms with Crippen molar-refractivity contribution in [3.63, 3.8) is 0 Å². The summed E-state index contributed by atoms with van der Waals surface area (Å²) in [6, 6.07) is 8.97. The zero-order valence-electron chi connectivity index (χ0n) is 19.9. The second-order valence-corrected chi connectivity index (χ2v) is 10.8. The van der Waals surface area contributed by atoms with Gasteiger partial charge in [-0.3, -0.25) is 4.79 Å². The summed E-state index contributed by atoms with van der Waals surface area (Å²) in [5.41, 5.74) is 5.71. The molecule has 0 unspecified atom stereocenters. The molecular weight excluding hydrogens is 394 g/mol. The molecular formula is C29H35NO2. The molecule has 4 aliphatic rings. The third-order valence-electron chi connectivity index (χ3n) is 9.03. The van der Waals surface area contributed by atoms with Gasteiger partial charge >= 0.3 is 0 Å². The molecule has 5 atom stereocenters. The van der Waals surface area contributed by atoms with Gasteiger partial charge in [-0.1, -0.05) is 30.6 Å². The number of nitrogens with zero attached hydrogens (tertiary/aromatic N) is 1. The number of aliphatic hydroxyl groups is 1. The molecule has 2 fully saturated rings. The minimum atomic E-state index is -0.914. The van der Waals surface area contributed by atoms with Crippen molar-refractivity contribution in [2.45, 2.75) is 70.3 Å². The molecule has 4 aliphatic carbocycles. The van der Waals surface area contributed by atoms with Crippen molar-refractivity contribution in [3.05, 3.63) is 52.6 Å². The van der Waals surface area contributed by atoms with E-state index >= 15 is 0 Å².